The molecule has 0 radical (unpaired) electrons. The summed E-state index contributed by atoms with van der Waals surface area (Å²) in [6, 6.07) is 0. The first-order chi connectivity index (χ1) is 4.54. The Morgan fingerprint density at radius 2 is 1.00 bits per heavy atom. The van der Waals surface area contributed by atoms with Crippen LogP contribution < -0.4 is 0 Å². The molecule has 6 heteroatoms. The predicted molar refractivity (Wildman–Crippen MR) is 36.8 cm³/mol. The molecule has 0 spiro atoms. The Morgan fingerprint density at radius 1 is 0.800 bits per heavy atom. The van der Waals surface area contributed by atoms with E-state index in [0.29, 0.717) is 0 Å². The summed E-state index contributed by atoms with van der Waals surface area (Å²) in [5.74, 6) is 0. The standard InChI is InChI=1S/4CO.Fe.HI/c4*1-2;;/h;;;;;1H/q;;;;+1;/p-1. The van der Waals surface area contributed by atoms with Crippen LogP contribution in [0.5, 0.6) is 0 Å². The van der Waals surface area contributed by atoms with Gasteiger partial charge in [-0.3, -0.25) is 0 Å². The number of halogens is 1. The van der Waals surface area contributed by atoms with Gasteiger partial charge in [-0.25, -0.2) is 0 Å². The van der Waals surface area contributed by atoms with E-state index in [1.54, 1.807) is 0 Å². The molecule has 0 N–H and O–H groups in total. The summed E-state index contributed by atoms with van der Waals surface area (Å²) in [5, 5.41) is 0. The van der Waals surface area contributed by atoms with Crippen molar-refractivity contribution in [1.29, 1.82) is 0 Å². The molecule has 0 saturated carbocycles. The molecule has 55 valence electrons. The van der Waals surface area contributed by atoms with Crippen LogP contribution in [-0.4, -0.2) is 19.1 Å². The first-order valence-electron chi connectivity index (χ1n) is 1.66. The molecule has 0 fully saturated rings. The van der Waals surface area contributed by atoms with Gasteiger partial charge in [0.25, 0.3) is 0 Å². The molecule has 0 aliphatic heterocycles. The first-order valence-corrected chi connectivity index (χ1v) is 7.43. The molecular formula is C4FeIO4. The van der Waals surface area contributed by atoms with Gasteiger partial charge in [0.15, 0.2) is 0 Å². The third-order valence-corrected chi connectivity index (χ3v) is 4.80. The maximum atomic E-state index is 9.98. The zero-order valence-corrected chi connectivity index (χ0v) is 7.63. The van der Waals surface area contributed by atoms with Crippen molar-refractivity contribution < 1.29 is 26.0 Å². The molecule has 0 aliphatic carbocycles. The van der Waals surface area contributed by atoms with Crippen molar-refractivity contribution in [2.45, 2.75) is 0 Å². The second-order valence-electron chi connectivity index (χ2n) is 1.09. The second kappa shape index (κ2) is 2.67. The van der Waals surface area contributed by atoms with Gasteiger partial charge in [-0.1, -0.05) is 0 Å². The summed E-state index contributed by atoms with van der Waals surface area (Å²) >= 11 is 1.11. The van der Waals surface area contributed by atoms with Crippen molar-refractivity contribution in [1.82, 2.24) is 0 Å². The Kier molecular flexibility index (Phi) is 2.55. The summed E-state index contributed by atoms with van der Waals surface area (Å²) in [4.78, 5) is 44.1. The molecule has 0 rings (SSSR count). The van der Waals surface area contributed by atoms with Gasteiger partial charge in [-0.15, -0.1) is 0 Å². The predicted octanol–water partition coefficient (Wildman–Crippen LogP) is -0.705. The zero-order valence-electron chi connectivity index (χ0n) is 4.36. The average molecular weight is 295 g/mol. The van der Waals surface area contributed by atoms with Gasteiger partial charge in [-0.2, -0.15) is 0 Å². The number of carbonyl (C=O) groups excluding carboxylic acids is 4. The fraction of sp³-hybridized carbons (Fsp3) is 0. The van der Waals surface area contributed by atoms with Gasteiger partial charge in [0.1, 0.15) is 0 Å². The molecule has 0 bridgehead atoms. The quantitative estimate of drug-likeness (QED) is 0.437. The zero-order chi connectivity index (χ0) is 8.28. The van der Waals surface area contributed by atoms with Crippen molar-refractivity contribution in [2.75, 3.05) is 0 Å². The first kappa shape index (κ1) is 9.57. The van der Waals surface area contributed by atoms with Crippen molar-refractivity contribution >= 4 is 39.5 Å². The van der Waals surface area contributed by atoms with Crippen molar-refractivity contribution in [3.05, 3.63) is 0 Å². The Hall–Kier alpha value is -0.431. The van der Waals surface area contributed by atoms with E-state index in [-0.39, 0.29) is 0 Å². The summed E-state index contributed by atoms with van der Waals surface area (Å²) in [5.41, 5.74) is 0. The summed E-state index contributed by atoms with van der Waals surface area (Å²) in [7, 11) is 0. The van der Waals surface area contributed by atoms with E-state index in [9.17, 15) is 19.2 Å². The molecule has 0 aromatic heterocycles. The van der Waals surface area contributed by atoms with Crippen LogP contribution in [0, 0.1) is 0 Å². The van der Waals surface area contributed by atoms with E-state index in [1.807, 2.05) is 0 Å². The van der Waals surface area contributed by atoms with Crippen LogP contribution in [0.2, 0.25) is 0 Å². The van der Waals surface area contributed by atoms with Gasteiger partial charge in [0.05, 0.1) is 0 Å². The minimum atomic E-state index is -4.52. The van der Waals surface area contributed by atoms with Gasteiger partial charge in [0.2, 0.25) is 0 Å². The molecule has 0 amide bonds. The molecule has 0 unspecified atom stereocenters. The third-order valence-electron chi connectivity index (χ3n) is 0.542. The van der Waals surface area contributed by atoms with Gasteiger partial charge in [-0.05, 0) is 0 Å². The van der Waals surface area contributed by atoms with Crippen LogP contribution in [0.15, 0.2) is 0 Å². The van der Waals surface area contributed by atoms with Crippen LogP contribution in [0.3, 0.4) is 0 Å². The van der Waals surface area contributed by atoms with E-state index in [1.165, 1.54) is 0 Å². The maximum absolute atomic E-state index is 9.98. The molecular weight excluding hydrogens is 295 g/mol. The molecule has 4 nitrogen and oxygen atoms in total. The monoisotopic (exact) mass is 295 g/mol. The molecule has 0 heterocycles. The Balaban J connectivity index is 8.22. The van der Waals surface area contributed by atoms with E-state index in [4.69, 9.17) is 0 Å². The van der Waals surface area contributed by atoms with Gasteiger partial charge >= 0.3 is 65.5 Å². The fourth-order valence-corrected chi connectivity index (χ4v) is 0.364. The van der Waals surface area contributed by atoms with E-state index < -0.39 is 6.79 Å². The van der Waals surface area contributed by atoms with Crippen LogP contribution >= 0.6 is 20.3 Å². The summed E-state index contributed by atoms with van der Waals surface area (Å²) in [6.45, 7) is -4.52. The van der Waals surface area contributed by atoms with Crippen LogP contribution in [-0.2, 0) is 26.0 Å². The molecule has 0 aromatic rings. The topological polar surface area (TPSA) is 68.3 Å². The average Bonchev–Trinajstić information content (AvgIpc) is 2.04. The van der Waals surface area contributed by atoms with E-state index in [2.05, 4.69) is 0 Å². The van der Waals surface area contributed by atoms with Crippen LogP contribution in [0.1, 0.15) is 0 Å². The van der Waals surface area contributed by atoms with Crippen molar-refractivity contribution in [3.63, 3.8) is 0 Å². The third kappa shape index (κ3) is 1.35. The summed E-state index contributed by atoms with van der Waals surface area (Å²) < 4.78 is 0. The SMILES string of the molecule is O=[C]=[Fe]([I])(=[C]=O)(=[C]=O)=[C]=O. The minimum absolute atomic E-state index is 1.05. The van der Waals surface area contributed by atoms with Gasteiger partial charge < -0.3 is 0 Å². The van der Waals surface area contributed by atoms with Crippen molar-refractivity contribution in [3.8, 4) is 0 Å². The number of rotatable bonds is 0. The molecule has 0 atom stereocenters. The van der Waals surface area contributed by atoms with E-state index in [0.717, 1.165) is 39.5 Å². The molecule has 0 saturated heterocycles. The molecule has 10 heavy (non-hydrogen) atoms. The second-order valence-corrected chi connectivity index (χ2v) is 10.8. The van der Waals surface area contributed by atoms with Crippen LogP contribution in [0.4, 0.5) is 0 Å². The normalized spacial score (nSPS) is 12.7. The Labute approximate surface area is 65.3 Å². The fourth-order valence-electron chi connectivity index (χ4n) is 0.0884. The molecule has 0 aliphatic rings. The number of hydrogen-bond donors (Lipinski definition) is 0. The van der Waals surface area contributed by atoms with Crippen molar-refractivity contribution in [2.24, 2.45) is 0 Å². The summed E-state index contributed by atoms with van der Waals surface area (Å²) in [6.07, 6.45) is 0. The van der Waals surface area contributed by atoms with E-state index >= 15 is 0 Å². The Morgan fingerprint density at radius 3 is 1.00 bits per heavy atom. The van der Waals surface area contributed by atoms with Gasteiger partial charge in [0, 0.05) is 0 Å². The Bertz CT molecular complexity index is 454. The number of hydrogen-bond acceptors (Lipinski definition) is 4. The van der Waals surface area contributed by atoms with Crippen LogP contribution in [0.25, 0.3) is 0 Å². The molecule has 0 aromatic carbocycles.